The number of amides is 6. The second kappa shape index (κ2) is 29.4. The van der Waals surface area contributed by atoms with Gasteiger partial charge >= 0.3 is 0 Å². The molecule has 442 valence electrons. The van der Waals surface area contributed by atoms with E-state index in [2.05, 4.69) is 51.6 Å². The first-order valence-electron chi connectivity index (χ1n) is 28.9. The topological polar surface area (TPSA) is 194 Å². The molecule has 0 radical (unpaired) electrons. The number of carbonyl (C=O) groups is 6. The summed E-state index contributed by atoms with van der Waals surface area (Å²) in [6.07, 6.45) is 0. The van der Waals surface area contributed by atoms with E-state index in [-0.39, 0.29) is 83.0 Å². The Kier molecular flexibility index (Phi) is 21.2. The lowest BCUT2D eigenvalue weighted by atomic mass is 9.95. The molecule has 6 heterocycles. The van der Waals surface area contributed by atoms with Crippen LogP contribution in [0.3, 0.4) is 0 Å². The van der Waals surface area contributed by atoms with E-state index in [0.717, 1.165) is 65.9 Å². The Morgan fingerprint density at radius 3 is 0.753 bits per heavy atom. The molecule has 6 aliphatic rings. The van der Waals surface area contributed by atoms with Gasteiger partial charge in [0.15, 0.2) is 0 Å². The Morgan fingerprint density at radius 1 is 0.271 bits per heavy atom. The summed E-state index contributed by atoms with van der Waals surface area (Å²) in [5.41, 5.74) is 24.4. The lowest BCUT2D eigenvalue weighted by molar-refractivity contribution is -0.122. The van der Waals surface area contributed by atoms with Gasteiger partial charge in [-0.2, -0.15) is 0 Å². The van der Waals surface area contributed by atoms with Crippen LogP contribution in [0.2, 0.25) is 0 Å². The van der Waals surface area contributed by atoms with E-state index >= 15 is 0 Å². The highest BCUT2D eigenvalue weighted by molar-refractivity contribution is 5.87. The van der Waals surface area contributed by atoms with Gasteiger partial charge in [-0.1, -0.05) is 181 Å². The molecule has 85 heavy (non-hydrogen) atoms. The van der Waals surface area contributed by atoms with Gasteiger partial charge in [0.25, 0.3) is 0 Å². The average Bonchev–Trinajstić information content (AvgIpc) is 4.44. The Hall–Kier alpha value is -9.84. The highest BCUT2D eigenvalue weighted by atomic mass is 16.2. The molecule has 8 atom stereocenters. The molecular formula is C67H78N12O6. The SMILES string of the molecule is CC1C(=O)NN(c2ccccc2)C1C.CC1C(=O)NN(c2ccccc2)C1c1ccccc1.CC1CN(c2ccccc2)NC1=O.CC1CN(c2ccccc2)NC1=O.CC1CN(c2ccccc2)NC1=O.CC1CN(c2ccccc2)NC1=O. The fourth-order valence-electron chi connectivity index (χ4n) is 9.91. The molecule has 13 rings (SSSR count). The Labute approximate surface area is 499 Å². The van der Waals surface area contributed by atoms with Gasteiger partial charge in [-0.15, -0.1) is 0 Å². The third kappa shape index (κ3) is 16.2. The van der Waals surface area contributed by atoms with Crippen molar-refractivity contribution >= 4 is 69.6 Å². The lowest BCUT2D eigenvalue weighted by Crippen LogP contribution is -2.37. The maximum absolute atomic E-state index is 12.0. The summed E-state index contributed by atoms with van der Waals surface area (Å²) >= 11 is 0. The van der Waals surface area contributed by atoms with Gasteiger partial charge in [0.1, 0.15) is 0 Å². The first kappa shape index (κ1) is 61.2. The number of hydrogen-bond acceptors (Lipinski definition) is 12. The molecule has 6 N–H and O–H groups in total. The van der Waals surface area contributed by atoms with Crippen molar-refractivity contribution in [1.29, 1.82) is 0 Å². The number of hydrogen-bond donors (Lipinski definition) is 6. The van der Waals surface area contributed by atoms with Gasteiger partial charge in [0.05, 0.1) is 108 Å². The zero-order valence-electron chi connectivity index (χ0n) is 49.3. The van der Waals surface area contributed by atoms with Crippen LogP contribution in [0.4, 0.5) is 34.1 Å². The van der Waals surface area contributed by atoms with Gasteiger partial charge in [0, 0.05) is 0 Å². The van der Waals surface area contributed by atoms with Crippen molar-refractivity contribution in [1.82, 2.24) is 32.6 Å². The van der Waals surface area contributed by atoms with E-state index in [4.69, 9.17) is 0 Å². The van der Waals surface area contributed by atoms with Gasteiger partial charge in [-0.05, 0) is 85.3 Å². The molecule has 7 aromatic rings. The molecule has 0 bridgehead atoms. The molecule has 6 saturated heterocycles. The third-order valence-electron chi connectivity index (χ3n) is 15.2. The van der Waals surface area contributed by atoms with E-state index in [1.54, 1.807) is 0 Å². The molecule has 8 unspecified atom stereocenters. The number of carbonyl (C=O) groups excluding carboxylic acids is 6. The van der Waals surface area contributed by atoms with Gasteiger partial charge in [-0.25, -0.2) is 0 Å². The molecule has 6 amide bonds. The number of hydrazine groups is 6. The molecule has 6 fully saturated rings. The predicted molar refractivity (Wildman–Crippen MR) is 335 cm³/mol. The maximum atomic E-state index is 12.0. The fraction of sp³-hybridized carbons (Fsp3) is 0.284. The highest BCUT2D eigenvalue weighted by Crippen LogP contribution is 2.36. The number of nitrogens with zero attached hydrogens (tertiary/aromatic N) is 6. The molecule has 18 nitrogen and oxygen atoms in total. The van der Waals surface area contributed by atoms with Crippen LogP contribution in [0.5, 0.6) is 0 Å². The number of nitrogens with one attached hydrogen (secondary N) is 6. The Morgan fingerprint density at radius 2 is 0.506 bits per heavy atom. The van der Waals surface area contributed by atoms with Gasteiger partial charge in [-0.3, -0.25) is 91.4 Å². The third-order valence-corrected chi connectivity index (χ3v) is 15.2. The Bertz CT molecular complexity index is 3000. The summed E-state index contributed by atoms with van der Waals surface area (Å²) in [6, 6.07) is 69.7. The summed E-state index contributed by atoms with van der Waals surface area (Å²) in [5, 5.41) is 11.4. The van der Waals surface area contributed by atoms with E-state index in [1.807, 2.05) is 272 Å². The number of rotatable bonds is 7. The minimum Gasteiger partial charge on any atom is -0.285 e. The molecule has 0 aromatic heterocycles. The van der Waals surface area contributed by atoms with Crippen LogP contribution in [0, 0.1) is 35.5 Å². The van der Waals surface area contributed by atoms with E-state index < -0.39 is 0 Å². The molecule has 18 heteroatoms. The van der Waals surface area contributed by atoms with E-state index in [1.165, 1.54) is 0 Å². The van der Waals surface area contributed by atoms with Crippen LogP contribution in [0.1, 0.15) is 60.1 Å². The van der Waals surface area contributed by atoms with Gasteiger partial charge in [0.2, 0.25) is 35.4 Å². The number of anilines is 6. The summed E-state index contributed by atoms with van der Waals surface area (Å²) in [6.45, 7) is 16.7. The summed E-state index contributed by atoms with van der Waals surface area (Å²) < 4.78 is 0. The zero-order valence-corrected chi connectivity index (χ0v) is 49.3. The van der Waals surface area contributed by atoms with E-state index in [0.29, 0.717) is 0 Å². The second-order valence-corrected chi connectivity index (χ2v) is 21.8. The largest absolute Gasteiger partial charge is 0.285 e. The van der Waals surface area contributed by atoms with Crippen LogP contribution >= 0.6 is 0 Å². The number of para-hydroxylation sites is 6. The van der Waals surface area contributed by atoms with Crippen molar-refractivity contribution in [2.45, 2.75) is 60.5 Å². The minimum absolute atomic E-state index is 0.0381. The fourth-order valence-corrected chi connectivity index (χ4v) is 9.91. The van der Waals surface area contributed by atoms with E-state index in [9.17, 15) is 28.8 Å². The van der Waals surface area contributed by atoms with Crippen molar-refractivity contribution < 1.29 is 28.8 Å². The monoisotopic (exact) mass is 1150 g/mol. The first-order chi connectivity index (χ1) is 41.1. The van der Waals surface area contributed by atoms with Crippen molar-refractivity contribution in [2.24, 2.45) is 35.5 Å². The quantitative estimate of drug-likeness (QED) is 0.0888. The molecule has 0 aliphatic carbocycles. The smallest absolute Gasteiger partial charge is 0.243 e. The predicted octanol–water partition coefficient (Wildman–Crippen LogP) is 9.17. The van der Waals surface area contributed by atoms with Crippen LogP contribution in [-0.2, 0) is 28.8 Å². The lowest BCUT2D eigenvalue weighted by Gasteiger charge is -2.27. The standard InChI is InChI=1S/C16H16N2O.C11H14N2O.4C10H12N2O/c1-12-15(13-8-4-2-5-9-13)18(17-16(12)19)14-10-6-3-7-11-14;1-8-9(2)13(12-11(8)14)10-6-4-3-5-7-10;4*1-8-7-12(11-10(8)13)9-5-3-2-4-6-9/h2-12,15H,1H3,(H,17,19);3-9H,1-2H3,(H,12,14);4*2-6,8H,7H2,1H3,(H,11,13). The summed E-state index contributed by atoms with van der Waals surface area (Å²) in [5.74, 6) is 0.887. The second-order valence-electron chi connectivity index (χ2n) is 21.8. The van der Waals surface area contributed by atoms with Crippen molar-refractivity contribution in [3.8, 4) is 0 Å². The van der Waals surface area contributed by atoms with Crippen LogP contribution < -0.4 is 62.6 Å². The summed E-state index contributed by atoms with van der Waals surface area (Å²) in [4.78, 5) is 68.2. The normalized spacial score (nSPS) is 22.7. The van der Waals surface area contributed by atoms with Crippen molar-refractivity contribution in [2.75, 3.05) is 56.2 Å². The minimum atomic E-state index is -0.0670. The van der Waals surface area contributed by atoms with Crippen LogP contribution in [-0.4, -0.2) is 67.7 Å². The van der Waals surface area contributed by atoms with Crippen LogP contribution in [0.25, 0.3) is 0 Å². The van der Waals surface area contributed by atoms with Gasteiger partial charge < -0.3 is 0 Å². The molecular weight excluding hydrogens is 1070 g/mol. The molecule has 7 aromatic carbocycles. The molecule has 0 saturated carbocycles. The maximum Gasteiger partial charge on any atom is 0.243 e. The average molecular weight is 1150 g/mol. The molecule has 6 aliphatic heterocycles. The molecule has 0 spiro atoms. The van der Waals surface area contributed by atoms with Crippen molar-refractivity contribution in [3.05, 3.63) is 218 Å². The van der Waals surface area contributed by atoms with Crippen molar-refractivity contribution in [3.63, 3.8) is 0 Å². The first-order valence-corrected chi connectivity index (χ1v) is 28.9. The number of benzene rings is 7. The zero-order chi connectivity index (χ0) is 60.4. The highest BCUT2D eigenvalue weighted by Gasteiger charge is 2.39. The Balaban J connectivity index is 0.000000134. The van der Waals surface area contributed by atoms with Crippen LogP contribution in [0.15, 0.2) is 212 Å². The summed E-state index contributed by atoms with van der Waals surface area (Å²) in [7, 11) is 0.